The van der Waals surface area contributed by atoms with Crippen molar-refractivity contribution < 1.29 is 0 Å². The molecule has 1 aromatic heterocycles. The number of benzene rings is 2. The molecule has 0 saturated heterocycles. The molecule has 3 aromatic rings. The van der Waals surface area contributed by atoms with Crippen molar-refractivity contribution >= 4 is 10.8 Å². The highest BCUT2D eigenvalue weighted by molar-refractivity contribution is 5.95. The van der Waals surface area contributed by atoms with Gasteiger partial charge in [-0.05, 0) is 48.9 Å². The highest BCUT2D eigenvalue weighted by atomic mass is 14.7. The van der Waals surface area contributed by atoms with Crippen molar-refractivity contribution in [2.45, 2.75) is 20.8 Å². The van der Waals surface area contributed by atoms with Gasteiger partial charge < -0.3 is 0 Å². The first-order chi connectivity index (χ1) is 9.18. The van der Waals surface area contributed by atoms with Crippen molar-refractivity contribution in [3.63, 3.8) is 0 Å². The van der Waals surface area contributed by atoms with Crippen LogP contribution in [0.25, 0.3) is 22.0 Å². The minimum Gasteiger partial charge on any atom is -0.256 e. The number of hydrogen-bond donors (Lipinski definition) is 0. The molecule has 0 aliphatic carbocycles. The summed E-state index contributed by atoms with van der Waals surface area (Å²) in [6.45, 7) is 6.52. The van der Waals surface area contributed by atoms with Crippen molar-refractivity contribution in [1.29, 1.82) is 0 Å². The maximum atomic E-state index is 4.61. The Morgan fingerprint density at radius 2 is 1.58 bits per heavy atom. The third kappa shape index (κ3) is 1.91. The summed E-state index contributed by atoms with van der Waals surface area (Å²) in [5, 5.41) is 2.46. The molecule has 0 amide bonds. The van der Waals surface area contributed by atoms with E-state index in [2.05, 4.69) is 68.2 Å². The summed E-state index contributed by atoms with van der Waals surface area (Å²) >= 11 is 0. The zero-order valence-corrected chi connectivity index (χ0v) is 11.6. The summed E-state index contributed by atoms with van der Waals surface area (Å²) in [4.78, 5) is 4.61. The van der Waals surface area contributed by atoms with E-state index in [-0.39, 0.29) is 0 Å². The minimum absolute atomic E-state index is 1.08. The van der Waals surface area contributed by atoms with Gasteiger partial charge in [-0.2, -0.15) is 0 Å². The molecule has 19 heavy (non-hydrogen) atoms. The number of aromatic nitrogens is 1. The molecule has 1 nitrogen and oxygen atoms in total. The summed E-state index contributed by atoms with van der Waals surface area (Å²) in [5.74, 6) is 0. The Balaban J connectivity index is 2.34. The monoisotopic (exact) mass is 247 g/mol. The number of nitrogens with zero attached hydrogens (tertiary/aromatic N) is 1. The lowest BCUT2D eigenvalue weighted by molar-refractivity contribution is 1.25. The van der Waals surface area contributed by atoms with Crippen molar-refractivity contribution in [1.82, 2.24) is 4.98 Å². The van der Waals surface area contributed by atoms with Gasteiger partial charge in [0.25, 0.3) is 0 Å². The second kappa shape index (κ2) is 4.51. The van der Waals surface area contributed by atoms with Crippen LogP contribution in [0.4, 0.5) is 0 Å². The summed E-state index contributed by atoms with van der Waals surface area (Å²) in [5.41, 5.74) is 6.33. The van der Waals surface area contributed by atoms with Crippen molar-refractivity contribution in [3.8, 4) is 11.3 Å². The average molecular weight is 247 g/mol. The smallest absolute Gasteiger partial charge is 0.0783 e. The Kier molecular flexibility index (Phi) is 2.83. The van der Waals surface area contributed by atoms with Crippen LogP contribution in [-0.4, -0.2) is 4.98 Å². The molecule has 0 aliphatic heterocycles. The molecule has 0 unspecified atom stereocenters. The number of rotatable bonds is 1. The van der Waals surface area contributed by atoms with Crippen molar-refractivity contribution in [2.24, 2.45) is 0 Å². The van der Waals surface area contributed by atoms with Crippen molar-refractivity contribution in [2.75, 3.05) is 0 Å². The highest BCUT2D eigenvalue weighted by Crippen LogP contribution is 2.30. The van der Waals surface area contributed by atoms with Gasteiger partial charge in [0.1, 0.15) is 0 Å². The molecule has 0 radical (unpaired) electrons. The standard InChI is InChI=1S/C18H17N/c1-12-8-9-16(14(3)13(12)2)18-17-7-5-4-6-15(17)10-11-19-18/h4-11H,1-3H3. The van der Waals surface area contributed by atoms with Gasteiger partial charge >= 0.3 is 0 Å². The van der Waals surface area contributed by atoms with Gasteiger partial charge in [0.2, 0.25) is 0 Å². The third-order valence-electron chi connectivity index (χ3n) is 3.99. The van der Waals surface area contributed by atoms with E-state index in [9.17, 15) is 0 Å². The Bertz CT molecular complexity index is 751. The molecule has 0 atom stereocenters. The molecule has 0 aliphatic rings. The number of aryl methyl sites for hydroxylation is 1. The Morgan fingerprint density at radius 3 is 2.42 bits per heavy atom. The van der Waals surface area contributed by atoms with Crippen LogP contribution in [0.3, 0.4) is 0 Å². The number of pyridine rings is 1. The fourth-order valence-electron chi connectivity index (χ4n) is 2.55. The Hall–Kier alpha value is -2.15. The van der Waals surface area contributed by atoms with E-state index in [4.69, 9.17) is 0 Å². The fraction of sp³-hybridized carbons (Fsp3) is 0.167. The molecule has 0 N–H and O–H groups in total. The maximum absolute atomic E-state index is 4.61. The van der Waals surface area contributed by atoms with Crippen LogP contribution < -0.4 is 0 Å². The van der Waals surface area contributed by atoms with Gasteiger partial charge in [-0.25, -0.2) is 0 Å². The first-order valence-corrected chi connectivity index (χ1v) is 6.59. The molecular formula is C18H17N. The second-order valence-electron chi connectivity index (χ2n) is 5.06. The highest BCUT2D eigenvalue weighted by Gasteiger charge is 2.10. The normalized spacial score (nSPS) is 10.9. The van der Waals surface area contributed by atoms with Crippen LogP contribution in [0.15, 0.2) is 48.7 Å². The fourth-order valence-corrected chi connectivity index (χ4v) is 2.55. The summed E-state index contributed by atoms with van der Waals surface area (Å²) in [6, 6.07) is 14.9. The van der Waals surface area contributed by atoms with E-state index in [0.29, 0.717) is 0 Å². The second-order valence-corrected chi connectivity index (χ2v) is 5.06. The molecule has 0 spiro atoms. The van der Waals surface area contributed by atoms with E-state index in [1.807, 2.05) is 6.20 Å². The largest absolute Gasteiger partial charge is 0.256 e. The molecule has 1 heterocycles. The first-order valence-electron chi connectivity index (χ1n) is 6.59. The van der Waals surface area contributed by atoms with E-state index < -0.39 is 0 Å². The molecule has 0 fully saturated rings. The van der Waals surface area contributed by atoms with Crippen LogP contribution >= 0.6 is 0 Å². The number of fused-ring (bicyclic) bond motifs is 1. The SMILES string of the molecule is Cc1ccc(-c2nccc3ccccc23)c(C)c1C. The molecule has 0 saturated carbocycles. The lowest BCUT2D eigenvalue weighted by Gasteiger charge is -2.12. The molecule has 3 rings (SSSR count). The maximum Gasteiger partial charge on any atom is 0.0783 e. The van der Waals surface area contributed by atoms with Gasteiger partial charge in [0, 0.05) is 17.1 Å². The van der Waals surface area contributed by atoms with Crippen LogP contribution in [0.2, 0.25) is 0 Å². The number of hydrogen-bond acceptors (Lipinski definition) is 1. The Labute approximate surface area is 113 Å². The minimum atomic E-state index is 1.08. The van der Waals surface area contributed by atoms with Crippen LogP contribution in [-0.2, 0) is 0 Å². The summed E-state index contributed by atoms with van der Waals surface area (Å²) < 4.78 is 0. The zero-order chi connectivity index (χ0) is 13.4. The van der Waals surface area contributed by atoms with Crippen LogP contribution in [0, 0.1) is 20.8 Å². The van der Waals surface area contributed by atoms with E-state index in [1.165, 1.54) is 33.0 Å². The first kappa shape index (κ1) is 11.9. The van der Waals surface area contributed by atoms with Crippen LogP contribution in [0.5, 0.6) is 0 Å². The van der Waals surface area contributed by atoms with Crippen molar-refractivity contribution in [3.05, 3.63) is 65.4 Å². The lowest BCUT2D eigenvalue weighted by Crippen LogP contribution is -1.93. The molecule has 94 valence electrons. The van der Waals surface area contributed by atoms with E-state index in [1.54, 1.807) is 0 Å². The predicted molar refractivity (Wildman–Crippen MR) is 81.4 cm³/mol. The van der Waals surface area contributed by atoms with Gasteiger partial charge in [0.15, 0.2) is 0 Å². The van der Waals surface area contributed by atoms with E-state index >= 15 is 0 Å². The van der Waals surface area contributed by atoms with Gasteiger partial charge in [0.05, 0.1) is 5.69 Å². The molecular weight excluding hydrogens is 230 g/mol. The third-order valence-corrected chi connectivity index (χ3v) is 3.99. The average Bonchev–Trinajstić information content (AvgIpc) is 2.45. The van der Waals surface area contributed by atoms with Gasteiger partial charge in [-0.3, -0.25) is 4.98 Å². The quantitative estimate of drug-likeness (QED) is 0.600. The molecule has 1 heteroatoms. The van der Waals surface area contributed by atoms with Gasteiger partial charge in [-0.1, -0.05) is 36.4 Å². The Morgan fingerprint density at radius 1 is 0.789 bits per heavy atom. The topological polar surface area (TPSA) is 12.9 Å². The lowest BCUT2D eigenvalue weighted by atomic mass is 9.94. The van der Waals surface area contributed by atoms with Gasteiger partial charge in [-0.15, -0.1) is 0 Å². The zero-order valence-electron chi connectivity index (χ0n) is 11.6. The molecule has 0 bridgehead atoms. The summed E-state index contributed by atoms with van der Waals surface area (Å²) in [6.07, 6.45) is 1.90. The molecule has 2 aromatic carbocycles. The van der Waals surface area contributed by atoms with Crippen LogP contribution in [0.1, 0.15) is 16.7 Å². The summed E-state index contributed by atoms with van der Waals surface area (Å²) in [7, 11) is 0. The predicted octanol–water partition coefficient (Wildman–Crippen LogP) is 4.83. The van der Waals surface area contributed by atoms with E-state index in [0.717, 1.165) is 5.69 Å².